The van der Waals surface area contributed by atoms with Gasteiger partial charge in [-0.05, 0) is 20.8 Å². The standard InChI is InChI=1S/C4H6.C3H4.CH4.Ar.BrH/c1-3-4-2;1-3-2;;;/h1-2H3;1H,2H3;1H4;;1H. The predicted octanol–water partition coefficient (Wildman–Crippen LogP) is 2.88. The van der Waals surface area contributed by atoms with E-state index in [0.717, 1.165) is 0 Å². The Hall–Kier alpha value is 0.860. The zero-order valence-corrected chi connectivity index (χ0v) is 8.26. The number of rotatable bonds is 0. The topological polar surface area (TPSA) is 0 Å². The Kier molecular flexibility index (Phi) is 160. The van der Waals surface area contributed by atoms with E-state index < -0.39 is 0 Å². The van der Waals surface area contributed by atoms with Crippen molar-refractivity contribution in [1.29, 1.82) is 0 Å². The third-order valence-corrected chi connectivity index (χ3v) is 0.250. The largest absolute Gasteiger partial charge is 0.120 e. The fourth-order valence-corrected chi connectivity index (χ4v) is 0. The van der Waals surface area contributed by atoms with E-state index >= 15 is 0 Å². The van der Waals surface area contributed by atoms with Crippen molar-refractivity contribution in [2.45, 2.75) is 28.2 Å². The second-order valence-electron chi connectivity index (χ2n) is 0.789. The molecular formula is C8H15ArBr. The first kappa shape index (κ1) is 30.7. The molecule has 0 aliphatic carbocycles. The van der Waals surface area contributed by atoms with E-state index in [0.29, 0.717) is 0 Å². The van der Waals surface area contributed by atoms with Crippen LogP contribution in [0.5, 0.6) is 0 Å². The molecule has 0 radical (unpaired) electrons. The molecule has 0 atom stereocenters. The summed E-state index contributed by atoms with van der Waals surface area (Å²) in [7, 11) is 0. The van der Waals surface area contributed by atoms with Crippen molar-refractivity contribution in [2.24, 2.45) is 0 Å². The number of terminal acetylenes is 1. The summed E-state index contributed by atoms with van der Waals surface area (Å²) in [6, 6.07) is 0. The average molecular weight is 231 g/mol. The average Bonchev–Trinajstić information content (AvgIpc) is 1.69. The number of hydrogen-bond acceptors (Lipinski definition) is 0. The third kappa shape index (κ3) is 158. The van der Waals surface area contributed by atoms with Gasteiger partial charge in [-0.3, -0.25) is 0 Å². The van der Waals surface area contributed by atoms with E-state index in [1.807, 2.05) is 13.8 Å². The predicted molar refractivity (Wildman–Crippen MR) is 50.7 cm³/mol. The van der Waals surface area contributed by atoms with E-state index in [1.165, 1.54) is 0 Å². The third-order valence-electron chi connectivity index (χ3n) is 0.250. The molecule has 2 heteroatoms. The smallest absolute Gasteiger partial charge is 0 e. The van der Waals surface area contributed by atoms with Gasteiger partial charge in [0.05, 0.1) is 0 Å². The molecule has 0 N–H and O–H groups in total. The zero-order valence-electron chi connectivity index (χ0n) is 5.84. The molecule has 0 rings (SSSR count). The first-order valence-corrected chi connectivity index (χ1v) is 2.04. The van der Waals surface area contributed by atoms with E-state index in [2.05, 4.69) is 24.2 Å². The summed E-state index contributed by atoms with van der Waals surface area (Å²) in [5, 5.41) is 0. The van der Waals surface area contributed by atoms with Gasteiger partial charge in [0.15, 0.2) is 0 Å². The van der Waals surface area contributed by atoms with Crippen LogP contribution in [0.15, 0.2) is 0 Å². The van der Waals surface area contributed by atoms with Crippen LogP contribution in [0.2, 0.25) is 0 Å². The summed E-state index contributed by atoms with van der Waals surface area (Å²) in [6.07, 6.45) is 4.60. The molecule has 0 saturated carbocycles. The van der Waals surface area contributed by atoms with Crippen LogP contribution >= 0.6 is 17.0 Å². The van der Waals surface area contributed by atoms with Gasteiger partial charge in [0, 0.05) is 37.7 Å². The minimum atomic E-state index is 0. The Morgan fingerprint density at radius 3 is 1.10 bits per heavy atom. The van der Waals surface area contributed by atoms with E-state index in [9.17, 15) is 0 Å². The van der Waals surface area contributed by atoms with E-state index in [1.54, 1.807) is 6.92 Å². The van der Waals surface area contributed by atoms with Crippen LogP contribution in [0.4, 0.5) is 0 Å². The molecule has 0 bridgehead atoms. The second-order valence-corrected chi connectivity index (χ2v) is 0.789. The summed E-state index contributed by atoms with van der Waals surface area (Å²) in [5.41, 5.74) is 0. The van der Waals surface area contributed by atoms with Gasteiger partial charge >= 0.3 is 0 Å². The second kappa shape index (κ2) is 52.0. The van der Waals surface area contributed by atoms with Crippen molar-refractivity contribution >= 4 is 17.0 Å². The zero-order chi connectivity index (χ0) is 6.12. The summed E-state index contributed by atoms with van der Waals surface area (Å²) >= 11 is 0. The first-order chi connectivity index (χ1) is 3.33. The molecule has 0 heterocycles. The van der Waals surface area contributed by atoms with Crippen molar-refractivity contribution in [3.8, 4) is 24.2 Å². The molecule has 0 amide bonds. The van der Waals surface area contributed by atoms with Gasteiger partial charge in [0.1, 0.15) is 0 Å². The van der Waals surface area contributed by atoms with Crippen LogP contribution in [-0.4, -0.2) is 0 Å². The maximum Gasteiger partial charge on any atom is 0 e. The molecule has 10 heavy (non-hydrogen) atoms. The SMILES string of the molecule is Br.C.C#CC.CC#CC.[Ar]. The summed E-state index contributed by atoms with van der Waals surface area (Å²) < 4.78 is 0. The fourth-order valence-electron chi connectivity index (χ4n) is 0. The van der Waals surface area contributed by atoms with Crippen LogP contribution < -0.4 is 0 Å². The fraction of sp³-hybridized carbons (Fsp3) is 0.500. The van der Waals surface area contributed by atoms with Gasteiger partial charge in [-0.2, -0.15) is 0 Å². The maximum absolute atomic E-state index is 4.60. The Labute approximate surface area is 106 Å². The summed E-state index contributed by atoms with van der Waals surface area (Å²) in [4.78, 5) is 0. The molecule has 0 spiro atoms. The molecule has 0 aromatic rings. The normalized spacial score (nSPS) is 2.20. The number of hydrogen-bond donors (Lipinski definition) is 0. The Bertz CT molecular complexity index is 96.7. The van der Waals surface area contributed by atoms with Crippen LogP contribution in [0, 0.1) is 61.9 Å². The van der Waals surface area contributed by atoms with Gasteiger partial charge in [-0.15, -0.1) is 41.2 Å². The van der Waals surface area contributed by atoms with Gasteiger partial charge in [0.2, 0.25) is 0 Å². The molecular weight excluding hydrogens is 216 g/mol. The molecule has 0 aliphatic heterocycles. The molecule has 0 fully saturated rings. The molecule has 62 valence electrons. The molecule has 0 unspecified atom stereocenters. The molecule has 0 aromatic heterocycles. The van der Waals surface area contributed by atoms with Crippen LogP contribution in [-0.2, 0) is 0 Å². The summed E-state index contributed by atoms with van der Waals surface area (Å²) in [5.74, 6) is 7.61. The molecule has 0 aromatic carbocycles. The van der Waals surface area contributed by atoms with E-state index in [4.69, 9.17) is 0 Å². The van der Waals surface area contributed by atoms with Gasteiger partial charge in [-0.25, -0.2) is 0 Å². The Morgan fingerprint density at radius 2 is 1.10 bits per heavy atom. The Balaban J connectivity index is -0.0000000131. The van der Waals surface area contributed by atoms with Crippen LogP contribution in [0.3, 0.4) is 0 Å². The van der Waals surface area contributed by atoms with Crippen molar-refractivity contribution in [1.82, 2.24) is 0 Å². The maximum atomic E-state index is 4.60. The monoisotopic (exact) mass is 230 g/mol. The van der Waals surface area contributed by atoms with E-state index in [-0.39, 0.29) is 62.1 Å². The van der Waals surface area contributed by atoms with Crippen molar-refractivity contribution in [3.05, 3.63) is 0 Å². The number of halogens is 1. The Morgan fingerprint density at radius 1 is 1.00 bits per heavy atom. The first-order valence-electron chi connectivity index (χ1n) is 2.04. The molecule has 0 aliphatic rings. The van der Waals surface area contributed by atoms with Gasteiger partial charge in [-0.1, -0.05) is 7.43 Å². The summed E-state index contributed by atoms with van der Waals surface area (Å²) in [6.45, 7) is 5.29. The molecule has 0 saturated heterocycles. The quantitative estimate of drug-likeness (QED) is 0.562. The van der Waals surface area contributed by atoms with Gasteiger partial charge < -0.3 is 0 Å². The molecule has 0 nitrogen and oxygen atoms in total. The van der Waals surface area contributed by atoms with Crippen molar-refractivity contribution < 1.29 is 37.7 Å². The van der Waals surface area contributed by atoms with Crippen molar-refractivity contribution in [2.75, 3.05) is 0 Å². The minimum absolute atomic E-state index is 0. The van der Waals surface area contributed by atoms with Crippen LogP contribution in [0.25, 0.3) is 0 Å². The minimum Gasteiger partial charge on any atom is -0.120 e. The van der Waals surface area contributed by atoms with Crippen molar-refractivity contribution in [3.63, 3.8) is 0 Å². The van der Waals surface area contributed by atoms with Crippen LogP contribution in [0.1, 0.15) is 28.2 Å². The van der Waals surface area contributed by atoms with Gasteiger partial charge in [0.25, 0.3) is 0 Å².